The number of nitrogens with one attached hydrogen (secondary N) is 1. The molecule has 0 radical (unpaired) electrons. The van der Waals surface area contributed by atoms with Gasteiger partial charge >= 0.3 is 0 Å². The first-order valence-electron chi connectivity index (χ1n) is 6.36. The van der Waals surface area contributed by atoms with Crippen LogP contribution in [0.5, 0.6) is 0 Å². The van der Waals surface area contributed by atoms with Crippen molar-refractivity contribution in [1.29, 1.82) is 0 Å². The summed E-state index contributed by atoms with van der Waals surface area (Å²) in [5, 5.41) is 14.0. The van der Waals surface area contributed by atoms with Gasteiger partial charge < -0.3 is 10.4 Å². The molecule has 1 aromatic rings. The van der Waals surface area contributed by atoms with Crippen LogP contribution in [-0.2, 0) is 6.42 Å². The first-order chi connectivity index (χ1) is 9.08. The Morgan fingerprint density at radius 1 is 1.26 bits per heavy atom. The third kappa shape index (κ3) is 2.30. The van der Waals surface area contributed by atoms with Crippen LogP contribution < -0.4 is 5.32 Å². The van der Waals surface area contributed by atoms with Crippen molar-refractivity contribution < 1.29 is 5.11 Å². The number of benzene rings is 1. The largest absolute Gasteiger partial charge is 0.386 e. The molecule has 1 aliphatic heterocycles. The Balaban J connectivity index is 2.08. The predicted octanol–water partition coefficient (Wildman–Crippen LogP) is 3.87. The Labute approximate surface area is 129 Å². The van der Waals surface area contributed by atoms with Gasteiger partial charge in [0.15, 0.2) is 0 Å². The van der Waals surface area contributed by atoms with Gasteiger partial charge in [-0.3, -0.25) is 0 Å². The molecule has 1 aromatic carbocycles. The minimum Gasteiger partial charge on any atom is -0.386 e. The van der Waals surface area contributed by atoms with E-state index in [0.29, 0.717) is 0 Å². The summed E-state index contributed by atoms with van der Waals surface area (Å²) in [6.45, 7) is 2.09. The van der Waals surface area contributed by atoms with E-state index in [-0.39, 0.29) is 6.04 Å². The first-order valence-corrected chi connectivity index (χ1v) is 7.94. The normalized spacial score (nSPS) is 25.5. The molecule has 0 aromatic heterocycles. The maximum Gasteiger partial charge on any atom is 0.103 e. The van der Waals surface area contributed by atoms with Gasteiger partial charge in [0.05, 0.1) is 6.04 Å². The maximum absolute atomic E-state index is 10.7. The molecule has 1 aliphatic carbocycles. The molecule has 2 unspecified atom stereocenters. The van der Waals surface area contributed by atoms with E-state index < -0.39 is 6.10 Å². The van der Waals surface area contributed by atoms with Crippen LogP contribution in [0.2, 0.25) is 0 Å². The van der Waals surface area contributed by atoms with Crippen LogP contribution in [0.25, 0.3) is 0 Å². The molecule has 2 atom stereocenters. The lowest BCUT2D eigenvalue weighted by Crippen LogP contribution is -2.34. The van der Waals surface area contributed by atoms with Crippen molar-refractivity contribution in [3.63, 3.8) is 0 Å². The van der Waals surface area contributed by atoms with Gasteiger partial charge in [-0.15, -0.1) is 0 Å². The number of allylic oxidation sites excluding steroid dienone is 2. The Bertz CT molecular complexity index is 592. The van der Waals surface area contributed by atoms with Crippen LogP contribution >= 0.6 is 31.9 Å². The zero-order valence-corrected chi connectivity index (χ0v) is 13.8. The topological polar surface area (TPSA) is 32.3 Å². The van der Waals surface area contributed by atoms with Gasteiger partial charge in [0, 0.05) is 15.2 Å². The van der Waals surface area contributed by atoms with Crippen LogP contribution in [0.15, 0.2) is 38.9 Å². The van der Waals surface area contributed by atoms with Gasteiger partial charge in [-0.2, -0.15) is 0 Å². The summed E-state index contributed by atoms with van der Waals surface area (Å²) in [5.41, 5.74) is 4.74. The van der Waals surface area contributed by atoms with Crippen LogP contribution in [-0.4, -0.2) is 11.1 Å². The molecular formula is C15H15Br2NO. The molecule has 0 amide bonds. The lowest BCUT2D eigenvalue weighted by atomic mass is 9.94. The van der Waals surface area contributed by atoms with E-state index in [4.69, 9.17) is 0 Å². The zero-order chi connectivity index (χ0) is 13.6. The highest BCUT2D eigenvalue weighted by molar-refractivity contribution is 9.12. The van der Waals surface area contributed by atoms with Crippen molar-refractivity contribution in [3.05, 3.63) is 55.6 Å². The second kappa shape index (κ2) is 5.08. The lowest BCUT2D eigenvalue weighted by molar-refractivity contribution is 0.148. The van der Waals surface area contributed by atoms with E-state index in [9.17, 15) is 5.11 Å². The third-order valence-electron chi connectivity index (χ3n) is 3.89. The SMILES string of the molecule is Cc1ccc2c(c1Br)CCC1=CC(Br)=CNC1C2O. The number of aliphatic hydroxyl groups is 1. The molecule has 2 nitrogen and oxygen atoms in total. The number of fused-ring (bicyclic) bond motifs is 2. The molecule has 0 saturated carbocycles. The Kier molecular flexibility index (Phi) is 3.58. The minimum absolute atomic E-state index is 0.0165. The molecule has 2 N–H and O–H groups in total. The molecular weight excluding hydrogens is 370 g/mol. The minimum atomic E-state index is -0.502. The van der Waals surface area contributed by atoms with Crippen LogP contribution in [0.1, 0.15) is 29.2 Å². The first kappa shape index (κ1) is 13.4. The third-order valence-corrected chi connectivity index (χ3v) is 5.46. The van der Waals surface area contributed by atoms with E-state index in [2.05, 4.69) is 62.3 Å². The molecule has 0 fully saturated rings. The van der Waals surface area contributed by atoms with Crippen molar-refractivity contribution in [2.45, 2.75) is 31.9 Å². The fraction of sp³-hybridized carbons (Fsp3) is 0.333. The van der Waals surface area contributed by atoms with Gasteiger partial charge in [0.25, 0.3) is 0 Å². The quantitative estimate of drug-likeness (QED) is 0.711. The van der Waals surface area contributed by atoms with Crippen LogP contribution in [0.4, 0.5) is 0 Å². The van der Waals surface area contributed by atoms with E-state index in [1.54, 1.807) is 0 Å². The maximum atomic E-state index is 10.7. The monoisotopic (exact) mass is 383 g/mol. The molecule has 4 heteroatoms. The zero-order valence-electron chi connectivity index (χ0n) is 10.6. The Hall–Kier alpha value is -0.580. The number of aliphatic hydroxyl groups excluding tert-OH is 1. The average Bonchev–Trinajstić information content (AvgIpc) is 2.52. The summed E-state index contributed by atoms with van der Waals surface area (Å²) in [7, 11) is 0. The second-order valence-corrected chi connectivity index (χ2v) is 6.81. The molecule has 2 aliphatic rings. The summed E-state index contributed by atoms with van der Waals surface area (Å²) in [6.07, 6.45) is 5.45. The highest BCUT2D eigenvalue weighted by atomic mass is 79.9. The highest BCUT2D eigenvalue weighted by Crippen LogP contribution is 2.38. The van der Waals surface area contributed by atoms with Crippen molar-refractivity contribution in [3.8, 4) is 0 Å². The van der Waals surface area contributed by atoms with E-state index >= 15 is 0 Å². The summed E-state index contributed by atoms with van der Waals surface area (Å²) in [4.78, 5) is 0. The average molecular weight is 385 g/mol. The number of dihydropyridines is 1. The fourth-order valence-corrected chi connectivity index (χ4v) is 3.83. The van der Waals surface area contributed by atoms with Gasteiger partial charge in [-0.05, 0) is 64.0 Å². The number of hydrogen-bond acceptors (Lipinski definition) is 2. The molecule has 100 valence electrons. The number of halogens is 2. The molecule has 0 spiro atoms. The Morgan fingerprint density at radius 3 is 2.84 bits per heavy atom. The van der Waals surface area contributed by atoms with E-state index in [1.165, 1.54) is 16.7 Å². The number of aryl methyl sites for hydroxylation is 1. The van der Waals surface area contributed by atoms with Crippen molar-refractivity contribution in [2.75, 3.05) is 0 Å². The number of hydrogen-bond donors (Lipinski definition) is 2. The summed E-state index contributed by atoms with van der Waals surface area (Å²) in [6, 6.07) is 4.10. The summed E-state index contributed by atoms with van der Waals surface area (Å²) >= 11 is 7.15. The van der Waals surface area contributed by atoms with Crippen molar-refractivity contribution in [2.24, 2.45) is 0 Å². The van der Waals surface area contributed by atoms with Crippen molar-refractivity contribution in [1.82, 2.24) is 5.32 Å². The van der Waals surface area contributed by atoms with Gasteiger partial charge in [0.1, 0.15) is 6.10 Å². The van der Waals surface area contributed by atoms with Crippen molar-refractivity contribution >= 4 is 31.9 Å². The molecule has 1 heterocycles. The molecule has 3 rings (SSSR count). The lowest BCUT2D eigenvalue weighted by Gasteiger charge is -2.27. The second-order valence-electron chi connectivity index (χ2n) is 5.10. The molecule has 19 heavy (non-hydrogen) atoms. The molecule has 0 bridgehead atoms. The number of rotatable bonds is 0. The molecule has 0 saturated heterocycles. The summed E-state index contributed by atoms with van der Waals surface area (Å²) < 4.78 is 2.17. The Morgan fingerprint density at radius 2 is 2.05 bits per heavy atom. The van der Waals surface area contributed by atoms with Gasteiger partial charge in [-0.25, -0.2) is 0 Å². The van der Waals surface area contributed by atoms with E-state index in [0.717, 1.165) is 27.4 Å². The van der Waals surface area contributed by atoms with E-state index in [1.807, 2.05) is 6.20 Å². The smallest absolute Gasteiger partial charge is 0.103 e. The van der Waals surface area contributed by atoms with Gasteiger partial charge in [0.2, 0.25) is 0 Å². The van der Waals surface area contributed by atoms with Gasteiger partial charge in [-0.1, -0.05) is 28.1 Å². The predicted molar refractivity (Wildman–Crippen MR) is 84.2 cm³/mol. The fourth-order valence-electron chi connectivity index (χ4n) is 2.84. The van der Waals surface area contributed by atoms with Crippen LogP contribution in [0.3, 0.4) is 0 Å². The highest BCUT2D eigenvalue weighted by Gasteiger charge is 2.31. The van der Waals surface area contributed by atoms with Crippen LogP contribution in [0, 0.1) is 6.92 Å². The standard InChI is InChI=1S/C15H15Br2NO/c1-8-2-4-12-11(13(8)17)5-3-9-6-10(16)7-18-14(9)15(12)19/h2,4,6-7,14-15,18-19H,3,5H2,1H3. The summed E-state index contributed by atoms with van der Waals surface area (Å²) in [5.74, 6) is 0.